The molecule has 0 aliphatic rings. The molecule has 8 heteroatoms. The number of ether oxygens (including phenoxy) is 1. The Hall–Kier alpha value is -2.05. The Morgan fingerprint density at radius 3 is 2.39 bits per heavy atom. The Bertz CT molecular complexity index is 750. The van der Waals surface area contributed by atoms with Crippen LogP contribution in [0.25, 0.3) is 0 Å². The van der Waals surface area contributed by atoms with E-state index in [9.17, 15) is 14.4 Å². The van der Waals surface area contributed by atoms with Crippen LogP contribution >= 0.6 is 23.2 Å². The van der Waals surface area contributed by atoms with Crippen LogP contribution in [0.2, 0.25) is 10.0 Å². The van der Waals surface area contributed by atoms with E-state index < -0.39 is 24.5 Å². The number of hydrogen-bond acceptors (Lipinski definition) is 4. The van der Waals surface area contributed by atoms with Crippen LogP contribution in [0.4, 0.5) is 0 Å². The van der Waals surface area contributed by atoms with Gasteiger partial charge in [0.05, 0.1) is 10.6 Å². The lowest BCUT2D eigenvalue weighted by Crippen LogP contribution is -2.46. The second-order valence-electron chi connectivity index (χ2n) is 6.79. The summed E-state index contributed by atoms with van der Waals surface area (Å²) in [5, 5.41) is 3.19. The monoisotopic (exact) mass is 428 g/mol. The predicted molar refractivity (Wildman–Crippen MR) is 111 cm³/mol. The van der Waals surface area contributed by atoms with E-state index >= 15 is 0 Å². The van der Waals surface area contributed by atoms with Gasteiger partial charge >= 0.3 is 5.97 Å². The van der Waals surface area contributed by atoms with Gasteiger partial charge in [-0.3, -0.25) is 9.59 Å². The number of amides is 2. The fourth-order valence-corrected chi connectivity index (χ4v) is 2.90. The molecular formula is C20H26Cl2N2O4. The van der Waals surface area contributed by atoms with E-state index in [-0.39, 0.29) is 22.4 Å². The SMILES string of the molecule is C=C(C)CN(CC)C(=O)COC(=O)C(NC(=O)c1ccc(Cl)cc1Cl)C(C)C. The number of nitrogens with one attached hydrogen (secondary N) is 1. The Morgan fingerprint density at radius 2 is 1.89 bits per heavy atom. The number of likely N-dealkylation sites (N-methyl/N-ethyl adjacent to an activating group) is 1. The van der Waals surface area contributed by atoms with Crippen LogP contribution in [0.3, 0.4) is 0 Å². The third-order valence-electron chi connectivity index (χ3n) is 3.92. The fraction of sp³-hybridized carbons (Fsp3) is 0.450. The smallest absolute Gasteiger partial charge is 0.329 e. The first kappa shape index (κ1) is 24.0. The molecular weight excluding hydrogens is 403 g/mol. The van der Waals surface area contributed by atoms with Crippen molar-refractivity contribution in [2.75, 3.05) is 19.7 Å². The van der Waals surface area contributed by atoms with Gasteiger partial charge in [-0.05, 0) is 38.0 Å². The van der Waals surface area contributed by atoms with Gasteiger partial charge in [0.25, 0.3) is 11.8 Å². The van der Waals surface area contributed by atoms with Crippen LogP contribution < -0.4 is 5.32 Å². The lowest BCUT2D eigenvalue weighted by molar-refractivity contribution is -0.154. The second-order valence-corrected chi connectivity index (χ2v) is 7.64. The molecule has 0 fully saturated rings. The average Bonchev–Trinajstić information content (AvgIpc) is 2.61. The molecule has 2 amide bonds. The minimum atomic E-state index is -0.928. The summed E-state index contributed by atoms with van der Waals surface area (Å²) in [5.74, 6) is -1.79. The summed E-state index contributed by atoms with van der Waals surface area (Å²) in [6.07, 6.45) is 0. The van der Waals surface area contributed by atoms with Crippen LogP contribution in [0.1, 0.15) is 38.1 Å². The molecule has 1 atom stereocenters. The standard InChI is InChI=1S/C20H26Cl2N2O4/c1-6-24(10-12(2)3)17(25)11-28-20(27)18(13(4)5)23-19(26)15-8-7-14(21)9-16(15)22/h7-9,13,18H,2,6,10-11H2,1,3-5H3,(H,23,26). The first-order valence-corrected chi connectivity index (χ1v) is 9.67. The Morgan fingerprint density at radius 1 is 1.25 bits per heavy atom. The zero-order valence-corrected chi connectivity index (χ0v) is 18.1. The molecule has 0 saturated heterocycles. The van der Waals surface area contributed by atoms with Crippen molar-refractivity contribution in [3.8, 4) is 0 Å². The minimum Gasteiger partial charge on any atom is -0.454 e. The molecule has 0 aliphatic heterocycles. The van der Waals surface area contributed by atoms with E-state index in [1.807, 2.05) is 13.8 Å². The van der Waals surface area contributed by atoms with Gasteiger partial charge in [-0.1, -0.05) is 49.2 Å². The van der Waals surface area contributed by atoms with Gasteiger partial charge in [-0.2, -0.15) is 0 Å². The summed E-state index contributed by atoms with van der Waals surface area (Å²) >= 11 is 11.9. The molecule has 0 heterocycles. The molecule has 28 heavy (non-hydrogen) atoms. The number of benzene rings is 1. The molecule has 1 aromatic rings. The number of carbonyl (C=O) groups excluding carboxylic acids is 3. The van der Waals surface area contributed by atoms with E-state index in [2.05, 4.69) is 11.9 Å². The van der Waals surface area contributed by atoms with Crippen LogP contribution in [0.15, 0.2) is 30.4 Å². The molecule has 1 N–H and O–H groups in total. The van der Waals surface area contributed by atoms with Gasteiger partial charge in [-0.15, -0.1) is 0 Å². The van der Waals surface area contributed by atoms with E-state index in [0.717, 1.165) is 5.57 Å². The molecule has 154 valence electrons. The first-order chi connectivity index (χ1) is 13.1. The summed E-state index contributed by atoms with van der Waals surface area (Å²) in [7, 11) is 0. The van der Waals surface area contributed by atoms with Crippen molar-refractivity contribution >= 4 is 41.0 Å². The minimum absolute atomic E-state index is 0.175. The number of nitrogens with zero attached hydrogens (tertiary/aromatic N) is 1. The highest BCUT2D eigenvalue weighted by Gasteiger charge is 2.28. The first-order valence-electron chi connectivity index (χ1n) is 8.91. The van der Waals surface area contributed by atoms with E-state index in [1.165, 1.54) is 23.1 Å². The van der Waals surface area contributed by atoms with Crippen LogP contribution in [0.5, 0.6) is 0 Å². The molecule has 6 nitrogen and oxygen atoms in total. The summed E-state index contributed by atoms with van der Waals surface area (Å²) in [5.41, 5.74) is 1.02. The van der Waals surface area contributed by atoms with Crippen molar-refractivity contribution in [2.24, 2.45) is 5.92 Å². The molecule has 0 spiro atoms. The van der Waals surface area contributed by atoms with Gasteiger partial charge in [0.15, 0.2) is 6.61 Å². The molecule has 0 aliphatic carbocycles. The van der Waals surface area contributed by atoms with Crippen LogP contribution in [-0.4, -0.2) is 48.4 Å². The van der Waals surface area contributed by atoms with Crippen molar-refractivity contribution in [3.63, 3.8) is 0 Å². The summed E-state index contributed by atoms with van der Waals surface area (Å²) in [6, 6.07) is 3.52. The van der Waals surface area contributed by atoms with Crippen LogP contribution in [0, 0.1) is 5.92 Å². The number of esters is 1. The summed E-state index contributed by atoms with van der Waals surface area (Å²) < 4.78 is 5.15. The van der Waals surface area contributed by atoms with Crippen molar-refractivity contribution in [1.29, 1.82) is 0 Å². The Labute approximate surface area is 175 Å². The van der Waals surface area contributed by atoms with Crippen LogP contribution in [-0.2, 0) is 14.3 Å². The molecule has 0 saturated carbocycles. The fourth-order valence-electron chi connectivity index (χ4n) is 2.41. The number of carbonyl (C=O) groups is 3. The summed E-state index contributed by atoms with van der Waals surface area (Å²) in [4.78, 5) is 38.7. The Balaban J connectivity index is 2.77. The van der Waals surface area contributed by atoms with Crippen molar-refractivity contribution < 1.29 is 19.1 Å². The van der Waals surface area contributed by atoms with Gasteiger partial charge in [-0.25, -0.2) is 4.79 Å². The van der Waals surface area contributed by atoms with Gasteiger partial charge in [0.1, 0.15) is 6.04 Å². The van der Waals surface area contributed by atoms with Gasteiger partial charge in [0, 0.05) is 18.1 Å². The zero-order chi connectivity index (χ0) is 21.4. The van der Waals surface area contributed by atoms with E-state index in [0.29, 0.717) is 18.1 Å². The maximum Gasteiger partial charge on any atom is 0.329 e. The lowest BCUT2D eigenvalue weighted by atomic mass is 10.0. The van der Waals surface area contributed by atoms with E-state index in [4.69, 9.17) is 27.9 Å². The Kier molecular flexibility index (Phi) is 9.49. The number of halogens is 2. The quantitative estimate of drug-likeness (QED) is 0.480. The third kappa shape index (κ3) is 7.17. The van der Waals surface area contributed by atoms with Crippen molar-refractivity contribution in [3.05, 3.63) is 46.0 Å². The van der Waals surface area contributed by atoms with Gasteiger partial charge in [0.2, 0.25) is 0 Å². The average molecular weight is 429 g/mol. The molecule has 0 radical (unpaired) electrons. The molecule has 1 unspecified atom stereocenters. The highest BCUT2D eigenvalue weighted by Crippen LogP contribution is 2.21. The maximum atomic E-state index is 12.5. The highest BCUT2D eigenvalue weighted by molar-refractivity contribution is 6.36. The third-order valence-corrected chi connectivity index (χ3v) is 4.46. The van der Waals surface area contributed by atoms with E-state index in [1.54, 1.807) is 13.8 Å². The molecule has 0 aromatic heterocycles. The maximum absolute atomic E-state index is 12.5. The normalized spacial score (nSPS) is 11.7. The molecule has 0 bridgehead atoms. The molecule has 1 aromatic carbocycles. The number of hydrogen-bond donors (Lipinski definition) is 1. The zero-order valence-electron chi connectivity index (χ0n) is 16.6. The topological polar surface area (TPSA) is 75.7 Å². The molecule has 1 rings (SSSR count). The number of rotatable bonds is 9. The largest absolute Gasteiger partial charge is 0.454 e. The second kappa shape index (κ2) is 11.1. The predicted octanol–water partition coefficient (Wildman–Crippen LogP) is 3.72. The summed E-state index contributed by atoms with van der Waals surface area (Å²) in [6.45, 7) is 11.4. The van der Waals surface area contributed by atoms with Crippen molar-refractivity contribution in [2.45, 2.75) is 33.7 Å². The highest BCUT2D eigenvalue weighted by atomic mass is 35.5. The lowest BCUT2D eigenvalue weighted by Gasteiger charge is -2.23. The van der Waals surface area contributed by atoms with Gasteiger partial charge < -0.3 is 15.0 Å². The van der Waals surface area contributed by atoms with Crippen molar-refractivity contribution in [1.82, 2.24) is 10.2 Å².